The Morgan fingerprint density at radius 1 is 1.40 bits per heavy atom. The van der Waals surface area contributed by atoms with E-state index in [0.717, 1.165) is 11.3 Å². The molecule has 1 heterocycles. The fourth-order valence-electron chi connectivity index (χ4n) is 1.48. The molecule has 15 heavy (non-hydrogen) atoms. The van der Waals surface area contributed by atoms with Crippen LogP contribution in [0.25, 0.3) is 0 Å². The van der Waals surface area contributed by atoms with Crippen molar-refractivity contribution in [3.05, 3.63) is 41.6 Å². The van der Waals surface area contributed by atoms with E-state index in [1.54, 1.807) is 6.20 Å². The van der Waals surface area contributed by atoms with Crippen molar-refractivity contribution >= 4 is 11.7 Å². The molecule has 3 nitrogen and oxygen atoms in total. The molecule has 3 heteroatoms. The van der Waals surface area contributed by atoms with Crippen LogP contribution in [0.3, 0.4) is 0 Å². The number of hydrogen-bond acceptors (Lipinski definition) is 3. The normalized spacial score (nSPS) is 17.9. The molecule has 0 amide bonds. The van der Waals surface area contributed by atoms with Crippen molar-refractivity contribution in [2.24, 2.45) is 0 Å². The molecule has 0 bridgehead atoms. The molecule has 0 unspecified atom stereocenters. The van der Waals surface area contributed by atoms with E-state index in [4.69, 9.17) is 4.74 Å². The second-order valence-electron chi connectivity index (χ2n) is 3.51. The topological polar surface area (TPSA) is 38.3 Å². The van der Waals surface area contributed by atoms with Gasteiger partial charge in [0.25, 0.3) is 0 Å². The van der Waals surface area contributed by atoms with Gasteiger partial charge in [0.1, 0.15) is 0 Å². The van der Waals surface area contributed by atoms with E-state index in [1.807, 2.05) is 31.2 Å². The summed E-state index contributed by atoms with van der Waals surface area (Å²) in [5.41, 5.74) is 2.88. The van der Waals surface area contributed by atoms with Gasteiger partial charge in [0.15, 0.2) is 0 Å². The molecule has 1 saturated heterocycles. The Morgan fingerprint density at radius 2 is 2.20 bits per heavy atom. The molecule has 0 aliphatic carbocycles. The van der Waals surface area contributed by atoms with E-state index in [2.05, 4.69) is 5.32 Å². The molecule has 1 aliphatic rings. The minimum absolute atomic E-state index is 0.212. The summed E-state index contributed by atoms with van der Waals surface area (Å²) in [6, 6.07) is 7.94. The zero-order chi connectivity index (χ0) is 10.7. The average molecular weight is 203 g/mol. The Morgan fingerprint density at radius 3 is 2.87 bits per heavy atom. The lowest BCUT2D eigenvalue weighted by atomic mass is 10.2. The minimum Gasteiger partial charge on any atom is -0.462 e. The molecular weight excluding hydrogens is 190 g/mol. The monoisotopic (exact) mass is 203 g/mol. The van der Waals surface area contributed by atoms with Crippen LogP contribution in [0.2, 0.25) is 0 Å². The van der Waals surface area contributed by atoms with Crippen molar-refractivity contribution < 1.29 is 9.53 Å². The molecule has 0 spiro atoms. The first kappa shape index (κ1) is 9.77. The van der Waals surface area contributed by atoms with Gasteiger partial charge in [-0.05, 0) is 18.6 Å². The van der Waals surface area contributed by atoms with Gasteiger partial charge in [-0.15, -0.1) is 0 Å². The first-order chi connectivity index (χ1) is 7.27. The highest BCUT2D eigenvalue weighted by Gasteiger charge is 2.17. The van der Waals surface area contributed by atoms with Crippen LogP contribution in [0.1, 0.15) is 12.0 Å². The van der Waals surface area contributed by atoms with Crippen molar-refractivity contribution in [1.82, 2.24) is 0 Å². The lowest BCUT2D eigenvalue weighted by Gasteiger charge is -2.04. The standard InChI is InChI=1S/C12H13NO2/c1-9-4-2-3-5-11(9)13-8-10-6-7-15-12(10)14/h2-5,8,13H,6-7H2,1H3/b10-8-. The zero-order valence-electron chi connectivity index (χ0n) is 8.62. The summed E-state index contributed by atoms with van der Waals surface area (Å²) in [5, 5.41) is 3.12. The smallest absolute Gasteiger partial charge is 0.335 e. The number of esters is 1. The number of para-hydroxylation sites is 1. The van der Waals surface area contributed by atoms with Crippen LogP contribution in [0, 0.1) is 6.92 Å². The van der Waals surface area contributed by atoms with Crippen molar-refractivity contribution in [2.75, 3.05) is 11.9 Å². The second-order valence-corrected chi connectivity index (χ2v) is 3.51. The van der Waals surface area contributed by atoms with Crippen LogP contribution in [0.4, 0.5) is 5.69 Å². The predicted octanol–water partition coefficient (Wildman–Crippen LogP) is 2.24. The third-order valence-electron chi connectivity index (χ3n) is 2.41. The molecule has 1 aliphatic heterocycles. The molecule has 78 valence electrons. The van der Waals surface area contributed by atoms with Gasteiger partial charge in [-0.3, -0.25) is 0 Å². The largest absolute Gasteiger partial charge is 0.462 e. The lowest BCUT2D eigenvalue weighted by Crippen LogP contribution is -1.99. The zero-order valence-corrected chi connectivity index (χ0v) is 8.62. The van der Waals surface area contributed by atoms with Crippen molar-refractivity contribution in [2.45, 2.75) is 13.3 Å². The van der Waals surface area contributed by atoms with Crippen LogP contribution in [0.5, 0.6) is 0 Å². The lowest BCUT2D eigenvalue weighted by molar-refractivity contribution is -0.135. The third-order valence-corrected chi connectivity index (χ3v) is 2.41. The maximum Gasteiger partial charge on any atom is 0.335 e. The van der Waals surface area contributed by atoms with Crippen LogP contribution < -0.4 is 5.32 Å². The van der Waals surface area contributed by atoms with E-state index >= 15 is 0 Å². The maximum atomic E-state index is 11.1. The maximum absolute atomic E-state index is 11.1. The summed E-state index contributed by atoms with van der Waals surface area (Å²) in [5.74, 6) is -0.212. The van der Waals surface area contributed by atoms with Gasteiger partial charge in [0, 0.05) is 18.3 Å². The van der Waals surface area contributed by atoms with E-state index < -0.39 is 0 Å². The molecule has 0 aromatic heterocycles. The molecule has 1 aromatic carbocycles. The molecule has 0 radical (unpaired) electrons. The van der Waals surface area contributed by atoms with Gasteiger partial charge in [-0.1, -0.05) is 18.2 Å². The first-order valence-corrected chi connectivity index (χ1v) is 4.96. The molecular formula is C12H13NO2. The second kappa shape index (κ2) is 4.17. The molecule has 1 aromatic rings. The molecule has 1 N–H and O–H groups in total. The molecule has 1 fully saturated rings. The Labute approximate surface area is 88.8 Å². The SMILES string of the molecule is Cc1ccccc1N/C=C1/CCOC1=O. The van der Waals surface area contributed by atoms with Gasteiger partial charge in [-0.2, -0.15) is 0 Å². The number of nitrogens with one attached hydrogen (secondary N) is 1. The summed E-state index contributed by atoms with van der Waals surface area (Å²) in [4.78, 5) is 11.1. The number of aryl methyl sites for hydroxylation is 1. The highest BCUT2D eigenvalue weighted by Crippen LogP contribution is 2.16. The summed E-state index contributed by atoms with van der Waals surface area (Å²) in [6.45, 7) is 2.52. The number of cyclic esters (lactones) is 1. The third kappa shape index (κ3) is 2.18. The summed E-state index contributed by atoms with van der Waals surface area (Å²) in [6.07, 6.45) is 2.43. The summed E-state index contributed by atoms with van der Waals surface area (Å²) < 4.78 is 4.84. The molecule has 0 saturated carbocycles. The van der Waals surface area contributed by atoms with Gasteiger partial charge in [0.2, 0.25) is 0 Å². The number of benzene rings is 1. The van der Waals surface area contributed by atoms with Gasteiger partial charge in [0.05, 0.1) is 12.2 Å². The van der Waals surface area contributed by atoms with Crippen LogP contribution in [-0.2, 0) is 9.53 Å². The molecule has 0 atom stereocenters. The molecule has 2 rings (SSSR count). The van der Waals surface area contributed by atoms with Crippen molar-refractivity contribution in [3.63, 3.8) is 0 Å². The van der Waals surface area contributed by atoms with Crippen LogP contribution >= 0.6 is 0 Å². The Hall–Kier alpha value is -1.77. The van der Waals surface area contributed by atoms with Crippen molar-refractivity contribution in [1.29, 1.82) is 0 Å². The Balaban J connectivity index is 2.10. The van der Waals surface area contributed by atoms with Gasteiger partial charge >= 0.3 is 5.97 Å². The minimum atomic E-state index is -0.212. The quantitative estimate of drug-likeness (QED) is 0.591. The average Bonchev–Trinajstić information content (AvgIpc) is 2.63. The number of ether oxygens (including phenoxy) is 1. The van der Waals surface area contributed by atoms with E-state index in [0.29, 0.717) is 18.6 Å². The number of rotatable bonds is 2. The first-order valence-electron chi connectivity index (χ1n) is 4.96. The number of carbonyl (C=O) groups is 1. The van der Waals surface area contributed by atoms with E-state index in [9.17, 15) is 4.79 Å². The van der Waals surface area contributed by atoms with Crippen LogP contribution in [-0.4, -0.2) is 12.6 Å². The summed E-state index contributed by atoms with van der Waals surface area (Å²) in [7, 11) is 0. The van der Waals surface area contributed by atoms with Gasteiger partial charge in [-0.25, -0.2) is 4.79 Å². The van der Waals surface area contributed by atoms with Crippen molar-refractivity contribution in [3.8, 4) is 0 Å². The van der Waals surface area contributed by atoms with Gasteiger partial charge < -0.3 is 10.1 Å². The number of hydrogen-bond donors (Lipinski definition) is 1. The highest BCUT2D eigenvalue weighted by molar-refractivity contribution is 5.90. The number of carbonyl (C=O) groups excluding carboxylic acids is 1. The Kier molecular flexibility index (Phi) is 2.72. The van der Waals surface area contributed by atoms with E-state index in [-0.39, 0.29) is 5.97 Å². The fourth-order valence-corrected chi connectivity index (χ4v) is 1.48. The Bertz CT molecular complexity index is 410. The number of anilines is 1. The summed E-state index contributed by atoms with van der Waals surface area (Å²) >= 11 is 0. The highest BCUT2D eigenvalue weighted by atomic mass is 16.5. The van der Waals surface area contributed by atoms with E-state index in [1.165, 1.54) is 0 Å². The van der Waals surface area contributed by atoms with Crippen LogP contribution in [0.15, 0.2) is 36.0 Å². The predicted molar refractivity (Wildman–Crippen MR) is 58.5 cm³/mol. The fraction of sp³-hybridized carbons (Fsp3) is 0.250.